The van der Waals surface area contributed by atoms with Crippen molar-refractivity contribution in [3.05, 3.63) is 21.9 Å². The highest BCUT2D eigenvalue weighted by Crippen LogP contribution is 2.24. The molecule has 1 aromatic rings. The van der Waals surface area contributed by atoms with Crippen molar-refractivity contribution in [2.24, 2.45) is 0 Å². The molecule has 72 valence electrons. The van der Waals surface area contributed by atoms with E-state index in [0.717, 1.165) is 11.4 Å². The molecule has 1 N–H and O–H groups in total. The first-order valence-electron chi connectivity index (χ1n) is 4.16. The lowest BCUT2D eigenvalue weighted by molar-refractivity contribution is 0.0702. The summed E-state index contributed by atoms with van der Waals surface area (Å²) in [6.07, 6.45) is 0. The number of nitriles is 1. The van der Waals surface area contributed by atoms with Crippen molar-refractivity contribution in [1.82, 2.24) is 4.90 Å². The van der Waals surface area contributed by atoms with Crippen molar-refractivity contribution in [2.45, 2.75) is 12.6 Å². The van der Waals surface area contributed by atoms with Gasteiger partial charge in [-0.3, -0.25) is 4.90 Å². The van der Waals surface area contributed by atoms with Crippen molar-refractivity contribution in [3.63, 3.8) is 0 Å². The number of nitrogens with zero attached hydrogens (tertiary/aromatic N) is 2. The maximum absolute atomic E-state index is 10.6. The van der Waals surface area contributed by atoms with E-state index >= 15 is 0 Å². The molecule has 1 saturated heterocycles. The Morgan fingerprint density at radius 1 is 1.79 bits per heavy atom. The zero-order chi connectivity index (χ0) is 10.1. The lowest BCUT2D eigenvalue weighted by atomic mass is 10.4. The standard InChI is InChI=1S/C9H8N2O2S/c10-3-6-4-11(6)5-7-1-2-8(14-7)9(12)13/h1-2,6H,4-5H2,(H,12,13). The van der Waals surface area contributed by atoms with Gasteiger partial charge in [-0.05, 0) is 12.1 Å². The van der Waals surface area contributed by atoms with Gasteiger partial charge in [0.1, 0.15) is 10.9 Å². The molecule has 4 nitrogen and oxygen atoms in total. The summed E-state index contributed by atoms with van der Waals surface area (Å²) >= 11 is 1.27. The molecular formula is C9H8N2O2S. The summed E-state index contributed by atoms with van der Waals surface area (Å²) < 4.78 is 0. The summed E-state index contributed by atoms with van der Waals surface area (Å²) in [7, 11) is 0. The third-order valence-corrected chi connectivity index (χ3v) is 3.15. The van der Waals surface area contributed by atoms with Crippen LogP contribution in [0.3, 0.4) is 0 Å². The Hall–Kier alpha value is -1.38. The molecule has 2 unspecified atom stereocenters. The average Bonchev–Trinajstić information content (AvgIpc) is 2.71. The van der Waals surface area contributed by atoms with E-state index in [9.17, 15) is 4.79 Å². The third-order valence-electron chi connectivity index (χ3n) is 2.10. The molecular weight excluding hydrogens is 200 g/mol. The number of hydrogen-bond acceptors (Lipinski definition) is 4. The Kier molecular flexibility index (Phi) is 2.23. The minimum Gasteiger partial charge on any atom is -0.477 e. The van der Waals surface area contributed by atoms with E-state index in [1.54, 1.807) is 12.1 Å². The lowest BCUT2D eigenvalue weighted by Crippen LogP contribution is -1.98. The molecule has 2 heterocycles. The lowest BCUT2D eigenvalue weighted by Gasteiger charge is -1.95. The van der Waals surface area contributed by atoms with Gasteiger partial charge in [0.05, 0.1) is 6.07 Å². The monoisotopic (exact) mass is 208 g/mol. The molecule has 2 rings (SSSR count). The Morgan fingerprint density at radius 2 is 2.57 bits per heavy atom. The molecule has 1 aromatic heterocycles. The summed E-state index contributed by atoms with van der Waals surface area (Å²) in [5.74, 6) is -0.885. The van der Waals surface area contributed by atoms with Gasteiger partial charge >= 0.3 is 5.97 Å². The van der Waals surface area contributed by atoms with Gasteiger partial charge in [0, 0.05) is 18.0 Å². The third kappa shape index (κ3) is 1.76. The van der Waals surface area contributed by atoms with E-state index in [2.05, 4.69) is 6.07 Å². The van der Waals surface area contributed by atoms with Gasteiger partial charge in [0.15, 0.2) is 0 Å². The number of carboxylic acids is 1. The molecule has 1 fully saturated rings. The van der Waals surface area contributed by atoms with E-state index < -0.39 is 5.97 Å². The van der Waals surface area contributed by atoms with Gasteiger partial charge < -0.3 is 5.11 Å². The van der Waals surface area contributed by atoms with Crippen molar-refractivity contribution in [2.75, 3.05) is 6.54 Å². The van der Waals surface area contributed by atoms with Crippen molar-refractivity contribution in [3.8, 4) is 6.07 Å². The summed E-state index contributed by atoms with van der Waals surface area (Å²) in [5.41, 5.74) is 0. The van der Waals surface area contributed by atoms with Crippen LogP contribution in [0, 0.1) is 11.3 Å². The van der Waals surface area contributed by atoms with Gasteiger partial charge in [-0.1, -0.05) is 0 Å². The minimum absolute atomic E-state index is 0.0328. The smallest absolute Gasteiger partial charge is 0.345 e. The molecule has 0 aliphatic carbocycles. The predicted octanol–water partition coefficient (Wildman–Crippen LogP) is 1.15. The second kappa shape index (κ2) is 3.40. The number of hydrogen-bond donors (Lipinski definition) is 1. The zero-order valence-corrected chi connectivity index (χ0v) is 8.12. The van der Waals surface area contributed by atoms with Crippen LogP contribution in [0.2, 0.25) is 0 Å². The number of rotatable bonds is 3. The van der Waals surface area contributed by atoms with E-state index in [-0.39, 0.29) is 6.04 Å². The topological polar surface area (TPSA) is 64.1 Å². The maximum atomic E-state index is 10.6. The molecule has 0 spiro atoms. The van der Waals surface area contributed by atoms with Gasteiger partial charge in [0.25, 0.3) is 0 Å². The highest BCUT2D eigenvalue weighted by atomic mass is 32.1. The van der Waals surface area contributed by atoms with E-state index in [4.69, 9.17) is 10.4 Å². The van der Waals surface area contributed by atoms with Crippen LogP contribution in [0.5, 0.6) is 0 Å². The maximum Gasteiger partial charge on any atom is 0.345 e. The van der Waals surface area contributed by atoms with Crippen molar-refractivity contribution < 1.29 is 9.90 Å². The fourth-order valence-corrected chi connectivity index (χ4v) is 2.12. The van der Waals surface area contributed by atoms with Gasteiger partial charge in [-0.15, -0.1) is 11.3 Å². The second-order valence-electron chi connectivity index (χ2n) is 3.15. The van der Waals surface area contributed by atoms with E-state index in [1.165, 1.54) is 11.3 Å². The fourth-order valence-electron chi connectivity index (χ4n) is 1.25. The first-order chi connectivity index (χ1) is 6.70. The predicted molar refractivity (Wildman–Crippen MR) is 51.1 cm³/mol. The van der Waals surface area contributed by atoms with Crippen LogP contribution in [-0.4, -0.2) is 28.6 Å². The van der Waals surface area contributed by atoms with Crippen LogP contribution in [0.25, 0.3) is 0 Å². The first-order valence-corrected chi connectivity index (χ1v) is 4.98. The Bertz CT molecular complexity index is 407. The summed E-state index contributed by atoms with van der Waals surface area (Å²) in [6, 6.07) is 5.60. The molecule has 0 radical (unpaired) electrons. The van der Waals surface area contributed by atoms with Gasteiger partial charge in [-0.2, -0.15) is 5.26 Å². The molecule has 0 saturated carbocycles. The van der Waals surface area contributed by atoms with Crippen LogP contribution in [0.1, 0.15) is 14.5 Å². The molecule has 0 bridgehead atoms. The molecule has 0 aromatic carbocycles. The van der Waals surface area contributed by atoms with Crippen LogP contribution in [0.4, 0.5) is 0 Å². The summed E-state index contributed by atoms with van der Waals surface area (Å²) in [4.78, 5) is 13.9. The average molecular weight is 208 g/mol. The Labute approximate surface area is 85.0 Å². The molecule has 0 amide bonds. The molecule has 14 heavy (non-hydrogen) atoms. The zero-order valence-electron chi connectivity index (χ0n) is 7.30. The quantitative estimate of drug-likeness (QED) is 0.757. The number of carbonyl (C=O) groups is 1. The number of carboxylic acid groups (broad SMARTS) is 1. The van der Waals surface area contributed by atoms with Crippen LogP contribution >= 0.6 is 11.3 Å². The summed E-state index contributed by atoms with van der Waals surface area (Å²) in [6.45, 7) is 1.49. The van der Waals surface area contributed by atoms with Crippen LogP contribution in [-0.2, 0) is 6.54 Å². The van der Waals surface area contributed by atoms with E-state index in [0.29, 0.717) is 11.4 Å². The van der Waals surface area contributed by atoms with Gasteiger partial charge in [-0.25, -0.2) is 4.79 Å². The highest BCUT2D eigenvalue weighted by Gasteiger charge is 2.33. The molecule has 1 aliphatic rings. The second-order valence-corrected chi connectivity index (χ2v) is 4.31. The van der Waals surface area contributed by atoms with Crippen LogP contribution in [0.15, 0.2) is 12.1 Å². The van der Waals surface area contributed by atoms with E-state index in [1.807, 2.05) is 4.90 Å². The molecule has 2 atom stereocenters. The molecule has 5 heteroatoms. The minimum atomic E-state index is -0.885. The number of thiophene rings is 1. The first kappa shape index (κ1) is 9.19. The Morgan fingerprint density at radius 3 is 3.07 bits per heavy atom. The highest BCUT2D eigenvalue weighted by molar-refractivity contribution is 7.13. The summed E-state index contributed by atoms with van der Waals surface area (Å²) in [5, 5.41) is 17.3. The number of aromatic carboxylic acids is 1. The largest absolute Gasteiger partial charge is 0.477 e. The molecule has 1 aliphatic heterocycles. The normalized spacial score (nSPS) is 24.2. The van der Waals surface area contributed by atoms with Crippen molar-refractivity contribution in [1.29, 1.82) is 5.26 Å². The van der Waals surface area contributed by atoms with Crippen LogP contribution < -0.4 is 0 Å². The Balaban J connectivity index is 1.98. The fraction of sp³-hybridized carbons (Fsp3) is 0.333. The SMILES string of the molecule is N#CC1CN1Cc1ccc(C(=O)O)s1. The van der Waals surface area contributed by atoms with Crippen molar-refractivity contribution >= 4 is 17.3 Å². The van der Waals surface area contributed by atoms with Gasteiger partial charge in [0.2, 0.25) is 0 Å².